The fourth-order valence-electron chi connectivity index (χ4n) is 2.91. The lowest BCUT2D eigenvalue weighted by molar-refractivity contribution is -0.885. The van der Waals surface area contributed by atoms with Crippen molar-refractivity contribution in [3.63, 3.8) is 0 Å². The Morgan fingerprint density at radius 2 is 1.70 bits per heavy atom. The molecule has 2 aromatic rings. The highest BCUT2D eigenvalue weighted by molar-refractivity contribution is 5.93. The van der Waals surface area contributed by atoms with Crippen molar-refractivity contribution < 1.29 is 19.2 Å². The lowest BCUT2D eigenvalue weighted by atomic mass is 9.87. The maximum atomic E-state index is 12.4. The number of methoxy groups -OCH3 is 2. The summed E-state index contributed by atoms with van der Waals surface area (Å²) in [7, 11) is 5.19. The van der Waals surface area contributed by atoms with Crippen LogP contribution >= 0.6 is 0 Å². The van der Waals surface area contributed by atoms with Gasteiger partial charge < -0.3 is 19.7 Å². The van der Waals surface area contributed by atoms with Gasteiger partial charge in [-0.25, -0.2) is 0 Å². The quantitative estimate of drug-likeness (QED) is 0.787. The van der Waals surface area contributed by atoms with Gasteiger partial charge in [0.15, 0.2) is 6.54 Å². The number of nitrogens with one attached hydrogen (secondary N) is 2. The van der Waals surface area contributed by atoms with Gasteiger partial charge in [-0.3, -0.25) is 4.79 Å². The average Bonchev–Trinajstić information content (AvgIpc) is 2.61. The summed E-state index contributed by atoms with van der Waals surface area (Å²) < 4.78 is 10.5. The molecule has 0 aliphatic heterocycles. The third-order valence-corrected chi connectivity index (χ3v) is 4.47. The zero-order valence-corrected chi connectivity index (χ0v) is 17.2. The number of carbonyl (C=O) groups is 1. The fourth-order valence-corrected chi connectivity index (χ4v) is 2.91. The van der Waals surface area contributed by atoms with E-state index in [2.05, 4.69) is 50.4 Å². The first-order valence-electron chi connectivity index (χ1n) is 9.15. The van der Waals surface area contributed by atoms with E-state index in [1.807, 2.05) is 7.05 Å². The summed E-state index contributed by atoms with van der Waals surface area (Å²) in [5, 5.41) is 2.92. The minimum absolute atomic E-state index is 0.0645. The van der Waals surface area contributed by atoms with Crippen LogP contribution in [0.3, 0.4) is 0 Å². The van der Waals surface area contributed by atoms with Gasteiger partial charge in [-0.1, -0.05) is 45.0 Å². The van der Waals surface area contributed by atoms with Gasteiger partial charge in [0.1, 0.15) is 18.0 Å². The zero-order valence-electron chi connectivity index (χ0n) is 17.2. The van der Waals surface area contributed by atoms with E-state index in [0.717, 1.165) is 11.4 Å². The Balaban J connectivity index is 1.96. The lowest BCUT2D eigenvalue weighted by Gasteiger charge is -2.20. The summed E-state index contributed by atoms with van der Waals surface area (Å²) in [4.78, 5) is 13.5. The predicted octanol–water partition coefficient (Wildman–Crippen LogP) is 2.65. The number of rotatable bonds is 7. The molecule has 1 unspecified atom stereocenters. The topological polar surface area (TPSA) is 52.0 Å². The molecular formula is C22H31N2O3+. The molecule has 0 saturated heterocycles. The van der Waals surface area contributed by atoms with Gasteiger partial charge in [0.05, 0.1) is 27.0 Å². The summed E-state index contributed by atoms with van der Waals surface area (Å²) in [5.41, 5.74) is 3.29. The molecule has 0 aliphatic rings. The molecular weight excluding hydrogens is 340 g/mol. The average molecular weight is 372 g/mol. The van der Waals surface area contributed by atoms with E-state index >= 15 is 0 Å². The predicted molar refractivity (Wildman–Crippen MR) is 109 cm³/mol. The molecule has 5 nitrogen and oxygen atoms in total. The van der Waals surface area contributed by atoms with E-state index in [9.17, 15) is 4.79 Å². The van der Waals surface area contributed by atoms with Crippen LogP contribution in [0.5, 0.6) is 11.5 Å². The van der Waals surface area contributed by atoms with Crippen LogP contribution < -0.4 is 19.7 Å². The van der Waals surface area contributed by atoms with Crippen molar-refractivity contribution in [2.45, 2.75) is 32.7 Å². The molecule has 2 N–H and O–H groups in total. The second-order valence-electron chi connectivity index (χ2n) is 7.87. The van der Waals surface area contributed by atoms with E-state index < -0.39 is 0 Å². The normalized spacial score (nSPS) is 12.4. The first-order chi connectivity index (χ1) is 12.7. The second-order valence-corrected chi connectivity index (χ2v) is 7.87. The number of hydrogen-bond donors (Lipinski definition) is 2. The van der Waals surface area contributed by atoms with Gasteiger partial charge in [-0.15, -0.1) is 0 Å². The van der Waals surface area contributed by atoms with Crippen LogP contribution in [0.1, 0.15) is 31.9 Å². The van der Waals surface area contributed by atoms with Crippen LogP contribution in [0.15, 0.2) is 42.5 Å². The Morgan fingerprint density at radius 1 is 1.04 bits per heavy atom. The molecule has 2 rings (SSSR count). The number of anilines is 1. The fraction of sp³-hybridized carbons (Fsp3) is 0.409. The van der Waals surface area contributed by atoms with Crippen molar-refractivity contribution in [2.75, 3.05) is 33.1 Å². The van der Waals surface area contributed by atoms with Crippen LogP contribution in [0.4, 0.5) is 5.69 Å². The minimum atomic E-state index is -0.0645. The summed E-state index contributed by atoms with van der Waals surface area (Å²) in [6, 6.07) is 14.0. The molecule has 5 heteroatoms. The van der Waals surface area contributed by atoms with Gasteiger partial charge in [0.2, 0.25) is 0 Å². The summed E-state index contributed by atoms with van der Waals surface area (Å²) in [6.07, 6.45) is 0. The SMILES string of the molecule is COc1ccc(OC)c(NC(=O)C[NH+](C)Cc2ccc(C(C)(C)C)cc2)c1. The Labute approximate surface area is 162 Å². The largest absolute Gasteiger partial charge is 0.497 e. The number of benzene rings is 2. The first-order valence-corrected chi connectivity index (χ1v) is 9.15. The van der Waals surface area contributed by atoms with E-state index in [-0.39, 0.29) is 11.3 Å². The van der Waals surface area contributed by atoms with Crippen LogP contribution in [0.25, 0.3) is 0 Å². The molecule has 0 radical (unpaired) electrons. The standard InChI is InChI=1S/C22H30N2O3/c1-22(2,3)17-9-7-16(8-10-17)14-24(4)15-21(25)23-19-13-18(26-5)11-12-20(19)27-6/h7-13H,14-15H2,1-6H3,(H,23,25)/p+1. The molecule has 0 heterocycles. The van der Waals surface area contributed by atoms with Gasteiger partial charge in [-0.2, -0.15) is 0 Å². The highest BCUT2D eigenvalue weighted by atomic mass is 16.5. The van der Waals surface area contributed by atoms with Crippen molar-refractivity contribution in [3.8, 4) is 11.5 Å². The number of ether oxygens (including phenoxy) is 2. The van der Waals surface area contributed by atoms with Gasteiger partial charge in [0, 0.05) is 11.6 Å². The van der Waals surface area contributed by atoms with E-state index in [4.69, 9.17) is 9.47 Å². The van der Waals surface area contributed by atoms with Crippen molar-refractivity contribution in [3.05, 3.63) is 53.6 Å². The number of quaternary nitrogens is 1. The number of hydrogen-bond acceptors (Lipinski definition) is 3. The molecule has 146 valence electrons. The van der Waals surface area contributed by atoms with Crippen molar-refractivity contribution in [2.24, 2.45) is 0 Å². The van der Waals surface area contributed by atoms with Crippen molar-refractivity contribution >= 4 is 11.6 Å². The molecule has 27 heavy (non-hydrogen) atoms. The van der Waals surface area contributed by atoms with E-state index in [0.29, 0.717) is 23.7 Å². The molecule has 1 atom stereocenters. The maximum Gasteiger partial charge on any atom is 0.279 e. The zero-order chi connectivity index (χ0) is 20.0. The third-order valence-electron chi connectivity index (χ3n) is 4.47. The highest BCUT2D eigenvalue weighted by Gasteiger charge is 2.16. The van der Waals surface area contributed by atoms with Gasteiger partial charge in [0.25, 0.3) is 5.91 Å². The van der Waals surface area contributed by atoms with Gasteiger partial charge in [-0.05, 0) is 23.1 Å². The van der Waals surface area contributed by atoms with Crippen LogP contribution in [-0.2, 0) is 16.8 Å². The summed E-state index contributed by atoms with van der Waals surface area (Å²) in [6.45, 7) is 7.76. The minimum Gasteiger partial charge on any atom is -0.497 e. The monoisotopic (exact) mass is 371 g/mol. The molecule has 0 aliphatic carbocycles. The molecule has 1 amide bonds. The first kappa shape index (κ1) is 20.8. The molecule has 2 aromatic carbocycles. The van der Waals surface area contributed by atoms with Gasteiger partial charge >= 0.3 is 0 Å². The number of carbonyl (C=O) groups excluding carboxylic acids is 1. The van der Waals surface area contributed by atoms with E-state index in [1.165, 1.54) is 11.1 Å². The Hall–Kier alpha value is -2.53. The lowest BCUT2D eigenvalue weighted by Crippen LogP contribution is -3.08. The van der Waals surface area contributed by atoms with Crippen LogP contribution in [0, 0.1) is 0 Å². The van der Waals surface area contributed by atoms with Crippen molar-refractivity contribution in [1.29, 1.82) is 0 Å². The third kappa shape index (κ3) is 6.00. The summed E-state index contributed by atoms with van der Waals surface area (Å²) in [5.74, 6) is 1.22. The summed E-state index contributed by atoms with van der Waals surface area (Å²) >= 11 is 0. The van der Waals surface area contributed by atoms with Crippen LogP contribution in [0.2, 0.25) is 0 Å². The number of likely N-dealkylation sites (N-methyl/N-ethyl adjacent to an activating group) is 1. The molecule has 0 aromatic heterocycles. The molecule has 0 saturated carbocycles. The van der Waals surface area contributed by atoms with E-state index in [1.54, 1.807) is 32.4 Å². The Bertz CT molecular complexity index is 764. The Kier molecular flexibility index (Phi) is 6.86. The number of amides is 1. The van der Waals surface area contributed by atoms with Crippen molar-refractivity contribution in [1.82, 2.24) is 0 Å². The molecule has 0 spiro atoms. The maximum absolute atomic E-state index is 12.4. The second kappa shape index (κ2) is 8.91. The molecule has 0 bridgehead atoms. The highest BCUT2D eigenvalue weighted by Crippen LogP contribution is 2.28. The smallest absolute Gasteiger partial charge is 0.279 e. The van der Waals surface area contributed by atoms with Crippen LogP contribution in [-0.4, -0.2) is 33.7 Å². The Morgan fingerprint density at radius 3 is 2.26 bits per heavy atom. The molecule has 0 fully saturated rings.